The second kappa shape index (κ2) is 6.58. The highest BCUT2D eigenvalue weighted by atomic mass is 16.5. The van der Waals surface area contributed by atoms with Crippen molar-refractivity contribution in [1.82, 2.24) is 10.2 Å². The molecular weight excluding hydrogens is 200 g/mol. The topological polar surface area (TPSA) is 24.5 Å². The molecule has 1 unspecified atom stereocenters. The summed E-state index contributed by atoms with van der Waals surface area (Å²) in [5.74, 6) is 0. The van der Waals surface area contributed by atoms with Gasteiger partial charge in [-0.3, -0.25) is 4.90 Å². The number of ether oxygens (including phenoxy) is 1. The van der Waals surface area contributed by atoms with Crippen LogP contribution in [0.5, 0.6) is 0 Å². The predicted octanol–water partition coefficient (Wildman–Crippen LogP) is 1.63. The maximum atomic E-state index is 5.59. The van der Waals surface area contributed by atoms with Crippen molar-refractivity contribution >= 4 is 0 Å². The van der Waals surface area contributed by atoms with Crippen LogP contribution in [0, 0.1) is 0 Å². The van der Waals surface area contributed by atoms with Crippen molar-refractivity contribution in [3.8, 4) is 0 Å². The fourth-order valence-corrected chi connectivity index (χ4v) is 2.49. The van der Waals surface area contributed by atoms with Crippen molar-refractivity contribution in [3.63, 3.8) is 0 Å². The average molecular weight is 226 g/mol. The minimum atomic E-state index is 0.742. The molecular formula is C13H26N2O. The van der Waals surface area contributed by atoms with Gasteiger partial charge >= 0.3 is 0 Å². The summed E-state index contributed by atoms with van der Waals surface area (Å²) >= 11 is 0. The summed E-state index contributed by atoms with van der Waals surface area (Å²) in [5.41, 5.74) is 0. The van der Waals surface area contributed by atoms with Crippen molar-refractivity contribution in [2.45, 2.75) is 51.1 Å². The lowest BCUT2D eigenvalue weighted by atomic mass is 10.2. The third-order valence-corrected chi connectivity index (χ3v) is 3.55. The molecule has 0 amide bonds. The lowest BCUT2D eigenvalue weighted by Crippen LogP contribution is -2.40. The van der Waals surface area contributed by atoms with E-state index in [0.29, 0.717) is 0 Å². The largest absolute Gasteiger partial charge is 0.380 e. The van der Waals surface area contributed by atoms with E-state index in [1.54, 1.807) is 0 Å². The van der Waals surface area contributed by atoms with Gasteiger partial charge in [-0.25, -0.2) is 0 Å². The molecule has 2 fully saturated rings. The summed E-state index contributed by atoms with van der Waals surface area (Å²) in [6.45, 7) is 7.58. The van der Waals surface area contributed by atoms with E-state index in [1.165, 1.54) is 38.8 Å². The van der Waals surface area contributed by atoms with Gasteiger partial charge in [0.15, 0.2) is 0 Å². The van der Waals surface area contributed by atoms with Crippen LogP contribution in [-0.2, 0) is 4.74 Å². The van der Waals surface area contributed by atoms with Gasteiger partial charge in [-0.15, -0.1) is 0 Å². The van der Waals surface area contributed by atoms with Gasteiger partial charge in [0.25, 0.3) is 0 Å². The minimum absolute atomic E-state index is 0.742. The molecule has 0 aromatic heterocycles. The Balaban J connectivity index is 1.63. The van der Waals surface area contributed by atoms with E-state index in [4.69, 9.17) is 4.74 Å². The SMILES string of the molecule is CCCOCCN(CC1CCCN1)C1CC1. The Kier molecular flexibility index (Phi) is 5.07. The minimum Gasteiger partial charge on any atom is -0.380 e. The van der Waals surface area contributed by atoms with Crippen LogP contribution in [0.3, 0.4) is 0 Å². The Hall–Kier alpha value is -0.120. The van der Waals surface area contributed by atoms with Gasteiger partial charge in [-0.05, 0) is 38.6 Å². The summed E-state index contributed by atoms with van der Waals surface area (Å²) in [6, 6.07) is 1.61. The van der Waals surface area contributed by atoms with Gasteiger partial charge in [0.05, 0.1) is 6.61 Å². The predicted molar refractivity (Wildman–Crippen MR) is 66.7 cm³/mol. The standard InChI is InChI=1S/C13H26N2O/c1-2-9-16-10-8-15(13-5-6-13)11-12-4-3-7-14-12/h12-14H,2-11H2,1H3. The highest BCUT2D eigenvalue weighted by Gasteiger charge is 2.30. The first-order valence-electron chi connectivity index (χ1n) is 6.95. The fraction of sp³-hybridized carbons (Fsp3) is 1.00. The van der Waals surface area contributed by atoms with Crippen LogP contribution in [-0.4, -0.2) is 49.8 Å². The van der Waals surface area contributed by atoms with Crippen LogP contribution >= 0.6 is 0 Å². The molecule has 1 saturated heterocycles. The third kappa shape index (κ3) is 4.04. The Morgan fingerprint density at radius 3 is 2.75 bits per heavy atom. The Labute approximate surface area is 99.5 Å². The Morgan fingerprint density at radius 2 is 2.12 bits per heavy atom. The molecule has 0 bridgehead atoms. The van der Waals surface area contributed by atoms with E-state index in [0.717, 1.165) is 38.3 Å². The molecule has 2 aliphatic rings. The molecule has 94 valence electrons. The van der Waals surface area contributed by atoms with Gasteiger partial charge < -0.3 is 10.1 Å². The Bertz CT molecular complexity index is 188. The lowest BCUT2D eigenvalue weighted by Gasteiger charge is -2.25. The van der Waals surface area contributed by atoms with Gasteiger partial charge in [-0.2, -0.15) is 0 Å². The summed E-state index contributed by atoms with van der Waals surface area (Å²) in [5, 5.41) is 3.59. The Morgan fingerprint density at radius 1 is 1.25 bits per heavy atom. The lowest BCUT2D eigenvalue weighted by molar-refractivity contribution is 0.0980. The van der Waals surface area contributed by atoms with Crippen molar-refractivity contribution < 1.29 is 4.74 Å². The molecule has 1 N–H and O–H groups in total. The molecule has 1 atom stereocenters. The van der Waals surface area contributed by atoms with E-state index in [1.807, 2.05) is 0 Å². The van der Waals surface area contributed by atoms with Crippen LogP contribution in [0.1, 0.15) is 39.0 Å². The number of hydrogen-bond acceptors (Lipinski definition) is 3. The zero-order chi connectivity index (χ0) is 11.2. The maximum absolute atomic E-state index is 5.59. The van der Waals surface area contributed by atoms with Crippen LogP contribution < -0.4 is 5.32 Å². The molecule has 0 aromatic carbocycles. The van der Waals surface area contributed by atoms with Crippen molar-refractivity contribution in [2.24, 2.45) is 0 Å². The van der Waals surface area contributed by atoms with Crippen molar-refractivity contribution in [1.29, 1.82) is 0 Å². The quantitative estimate of drug-likeness (QED) is 0.637. The van der Waals surface area contributed by atoms with E-state index in [9.17, 15) is 0 Å². The molecule has 1 aliphatic heterocycles. The fourth-order valence-electron chi connectivity index (χ4n) is 2.49. The first kappa shape index (κ1) is 12.3. The summed E-state index contributed by atoms with van der Waals surface area (Å²) in [7, 11) is 0. The number of hydrogen-bond donors (Lipinski definition) is 1. The summed E-state index contributed by atoms with van der Waals surface area (Å²) in [6.07, 6.45) is 6.66. The zero-order valence-corrected chi connectivity index (χ0v) is 10.6. The van der Waals surface area contributed by atoms with Gasteiger partial charge in [0.1, 0.15) is 0 Å². The highest BCUT2D eigenvalue weighted by Crippen LogP contribution is 2.27. The van der Waals surface area contributed by atoms with Gasteiger partial charge in [0, 0.05) is 31.8 Å². The average Bonchev–Trinajstić information content (AvgIpc) is 3.02. The number of rotatable bonds is 8. The van der Waals surface area contributed by atoms with Crippen molar-refractivity contribution in [3.05, 3.63) is 0 Å². The van der Waals surface area contributed by atoms with E-state index < -0.39 is 0 Å². The van der Waals surface area contributed by atoms with E-state index >= 15 is 0 Å². The summed E-state index contributed by atoms with van der Waals surface area (Å²) in [4.78, 5) is 2.64. The highest BCUT2D eigenvalue weighted by molar-refractivity contribution is 4.88. The summed E-state index contributed by atoms with van der Waals surface area (Å²) < 4.78 is 5.59. The first-order valence-corrected chi connectivity index (χ1v) is 6.95. The van der Waals surface area contributed by atoms with Gasteiger partial charge in [-0.1, -0.05) is 6.92 Å². The monoisotopic (exact) mass is 226 g/mol. The zero-order valence-electron chi connectivity index (χ0n) is 10.6. The van der Waals surface area contributed by atoms with Gasteiger partial charge in [0.2, 0.25) is 0 Å². The third-order valence-electron chi connectivity index (χ3n) is 3.55. The van der Waals surface area contributed by atoms with Crippen LogP contribution in [0.15, 0.2) is 0 Å². The normalized spacial score (nSPS) is 25.5. The molecule has 3 heteroatoms. The van der Waals surface area contributed by atoms with Crippen molar-refractivity contribution in [2.75, 3.05) is 32.8 Å². The molecule has 1 aliphatic carbocycles. The van der Waals surface area contributed by atoms with E-state index in [-0.39, 0.29) is 0 Å². The number of nitrogens with one attached hydrogen (secondary N) is 1. The molecule has 0 spiro atoms. The van der Waals surface area contributed by atoms with Crippen LogP contribution in [0.2, 0.25) is 0 Å². The second-order valence-corrected chi connectivity index (χ2v) is 5.13. The molecule has 2 rings (SSSR count). The van der Waals surface area contributed by atoms with Crippen LogP contribution in [0.25, 0.3) is 0 Å². The van der Waals surface area contributed by atoms with Crippen LogP contribution in [0.4, 0.5) is 0 Å². The molecule has 3 nitrogen and oxygen atoms in total. The second-order valence-electron chi connectivity index (χ2n) is 5.13. The maximum Gasteiger partial charge on any atom is 0.0593 e. The molecule has 1 saturated carbocycles. The molecule has 16 heavy (non-hydrogen) atoms. The molecule has 1 heterocycles. The molecule has 0 aromatic rings. The first-order chi connectivity index (χ1) is 7.90. The molecule has 0 radical (unpaired) electrons. The smallest absolute Gasteiger partial charge is 0.0593 e. The number of nitrogens with zero attached hydrogens (tertiary/aromatic N) is 1. The van der Waals surface area contributed by atoms with E-state index in [2.05, 4.69) is 17.1 Å².